The number of esters is 1. The molecule has 1 aliphatic rings. The van der Waals surface area contributed by atoms with Crippen LogP contribution in [0.2, 0.25) is 0 Å². The van der Waals surface area contributed by atoms with E-state index in [0.29, 0.717) is 12.4 Å². The topological polar surface area (TPSA) is 46.6 Å². The van der Waals surface area contributed by atoms with Gasteiger partial charge >= 0.3 is 5.97 Å². The van der Waals surface area contributed by atoms with Crippen LogP contribution in [0.15, 0.2) is 0 Å². The molecule has 2 atom stereocenters. The van der Waals surface area contributed by atoms with E-state index in [1.165, 1.54) is 4.90 Å². The highest BCUT2D eigenvalue weighted by atomic mass is 32.2. The van der Waals surface area contributed by atoms with E-state index < -0.39 is 11.9 Å². The van der Waals surface area contributed by atoms with Crippen molar-refractivity contribution < 1.29 is 14.3 Å². The number of nitrogens with zero attached hydrogens (tertiary/aromatic N) is 1. The fourth-order valence-corrected chi connectivity index (χ4v) is 3.48. The summed E-state index contributed by atoms with van der Waals surface area (Å²) in [6, 6.07) is -0.567. The molecule has 0 aromatic rings. The number of ether oxygens (including phenoxy) is 1. The molecular weight excluding hydrogens is 250 g/mol. The largest absolute Gasteiger partial charge is 0.464 e. The first-order chi connectivity index (χ1) is 8.32. The Labute approximate surface area is 112 Å². The average Bonchev–Trinajstić information content (AvgIpc) is 2.72. The van der Waals surface area contributed by atoms with Crippen molar-refractivity contribution in [3.05, 3.63) is 0 Å². The summed E-state index contributed by atoms with van der Waals surface area (Å²) < 4.78 is 5.00. The predicted molar refractivity (Wildman–Crippen MR) is 71.8 cm³/mol. The van der Waals surface area contributed by atoms with E-state index in [9.17, 15) is 9.59 Å². The zero-order valence-electron chi connectivity index (χ0n) is 11.2. The van der Waals surface area contributed by atoms with Crippen molar-refractivity contribution in [1.82, 2.24) is 4.90 Å². The van der Waals surface area contributed by atoms with Crippen LogP contribution in [-0.2, 0) is 14.3 Å². The van der Waals surface area contributed by atoms with Crippen molar-refractivity contribution >= 4 is 23.6 Å². The molecule has 0 aromatic carbocycles. The fourth-order valence-electron chi connectivity index (χ4n) is 1.92. The van der Waals surface area contributed by atoms with E-state index in [2.05, 4.69) is 5.92 Å². The Morgan fingerprint density at radius 1 is 1.50 bits per heavy atom. The van der Waals surface area contributed by atoms with Crippen molar-refractivity contribution in [2.45, 2.75) is 39.1 Å². The minimum Gasteiger partial charge on any atom is -0.464 e. The molecule has 1 unspecified atom stereocenters. The molecule has 0 N–H and O–H groups in total. The van der Waals surface area contributed by atoms with Crippen LogP contribution in [0.3, 0.4) is 0 Å². The van der Waals surface area contributed by atoms with Crippen LogP contribution in [0.1, 0.15) is 27.7 Å². The Hall–Kier alpha value is -1.15. The quantitative estimate of drug-likeness (QED) is 0.563. The number of carbonyl (C=O) groups is 2. The smallest absolute Gasteiger partial charge is 0.329 e. The van der Waals surface area contributed by atoms with E-state index in [4.69, 9.17) is 11.2 Å². The Bertz CT molecular complexity index is 381. The lowest BCUT2D eigenvalue weighted by Crippen LogP contribution is -2.49. The van der Waals surface area contributed by atoms with Crippen molar-refractivity contribution in [1.29, 1.82) is 0 Å². The molecule has 0 spiro atoms. The summed E-state index contributed by atoms with van der Waals surface area (Å²) in [4.78, 5) is 25.2. The molecule has 100 valence electrons. The molecule has 18 heavy (non-hydrogen) atoms. The number of thioether (sulfide) groups is 1. The molecule has 0 bridgehead atoms. The van der Waals surface area contributed by atoms with Crippen molar-refractivity contribution in [3.8, 4) is 12.3 Å². The second kappa shape index (κ2) is 5.66. The van der Waals surface area contributed by atoms with E-state index in [-0.39, 0.29) is 16.8 Å². The third kappa shape index (κ3) is 2.99. The lowest BCUT2D eigenvalue weighted by atomic mass is 9.94. The van der Waals surface area contributed by atoms with Crippen LogP contribution in [0, 0.1) is 17.8 Å². The molecule has 1 aliphatic heterocycles. The Morgan fingerprint density at radius 2 is 2.11 bits per heavy atom. The van der Waals surface area contributed by atoms with Crippen LogP contribution >= 0.6 is 11.8 Å². The number of terminal acetylenes is 1. The van der Waals surface area contributed by atoms with Crippen LogP contribution in [0.25, 0.3) is 0 Å². The Kier molecular flexibility index (Phi) is 4.69. The zero-order valence-corrected chi connectivity index (χ0v) is 12.0. The van der Waals surface area contributed by atoms with Gasteiger partial charge in [-0.3, -0.25) is 4.79 Å². The highest BCUT2D eigenvalue weighted by molar-refractivity contribution is 8.00. The summed E-state index contributed by atoms with van der Waals surface area (Å²) in [5.41, 5.74) is -0.140. The van der Waals surface area contributed by atoms with Crippen molar-refractivity contribution in [2.75, 3.05) is 12.4 Å². The summed E-state index contributed by atoms with van der Waals surface area (Å²) in [7, 11) is 0. The highest BCUT2D eigenvalue weighted by Gasteiger charge is 2.46. The molecule has 1 rings (SSSR count). The van der Waals surface area contributed by atoms with E-state index >= 15 is 0 Å². The lowest BCUT2D eigenvalue weighted by Gasteiger charge is -2.34. The molecule has 5 heteroatoms. The summed E-state index contributed by atoms with van der Waals surface area (Å²) in [5.74, 6) is 1.82. The standard InChI is InChI=1S/C13H19NO3S/c1-6-10(15)14-9(11(16)17-7-2)8-18-12(14)13(3,4)5/h1,9,12H,7-8H2,2-5H3/t9-,12?/m1/s1. The fraction of sp³-hybridized carbons (Fsp3) is 0.692. The van der Waals surface area contributed by atoms with Gasteiger partial charge < -0.3 is 9.64 Å². The normalized spacial score (nSPS) is 23.6. The van der Waals surface area contributed by atoms with Crippen LogP contribution in [0.5, 0.6) is 0 Å². The van der Waals surface area contributed by atoms with Gasteiger partial charge in [-0.05, 0) is 18.3 Å². The van der Waals surface area contributed by atoms with Gasteiger partial charge in [0.05, 0.1) is 12.0 Å². The third-order valence-corrected chi connectivity index (χ3v) is 4.42. The molecule has 4 nitrogen and oxygen atoms in total. The molecule has 0 saturated carbocycles. The van der Waals surface area contributed by atoms with Gasteiger partial charge in [0.25, 0.3) is 5.91 Å². The van der Waals surface area contributed by atoms with Gasteiger partial charge in [-0.25, -0.2) is 4.79 Å². The van der Waals surface area contributed by atoms with Gasteiger partial charge in [0.1, 0.15) is 6.04 Å². The van der Waals surface area contributed by atoms with Gasteiger partial charge in [-0.15, -0.1) is 18.2 Å². The molecule has 0 aromatic heterocycles. The predicted octanol–water partition coefficient (Wildman–Crippen LogP) is 1.50. The number of hydrogen-bond acceptors (Lipinski definition) is 4. The first kappa shape index (κ1) is 14.9. The van der Waals surface area contributed by atoms with Gasteiger partial charge in [-0.1, -0.05) is 20.8 Å². The molecule has 0 aliphatic carbocycles. The first-order valence-electron chi connectivity index (χ1n) is 5.90. The summed E-state index contributed by atoms with van der Waals surface area (Å²) in [5, 5.41) is -0.101. The Balaban J connectivity index is 2.98. The average molecular weight is 269 g/mol. The minimum absolute atomic E-state index is 0.101. The third-order valence-electron chi connectivity index (χ3n) is 2.66. The van der Waals surface area contributed by atoms with Crippen molar-refractivity contribution in [2.24, 2.45) is 5.41 Å². The second-order valence-electron chi connectivity index (χ2n) is 5.18. The summed E-state index contributed by atoms with van der Waals surface area (Å²) >= 11 is 1.57. The first-order valence-corrected chi connectivity index (χ1v) is 6.95. The molecule has 1 amide bonds. The number of carbonyl (C=O) groups excluding carboxylic acids is 2. The lowest BCUT2D eigenvalue weighted by molar-refractivity contribution is -0.152. The van der Waals surface area contributed by atoms with E-state index in [1.54, 1.807) is 18.7 Å². The van der Waals surface area contributed by atoms with Crippen LogP contribution in [0.4, 0.5) is 0 Å². The SMILES string of the molecule is C#CC(=O)N1C(C(C)(C)C)SC[C@@H]1C(=O)OCC. The number of hydrogen-bond donors (Lipinski definition) is 0. The van der Waals surface area contributed by atoms with Gasteiger partial charge in [0, 0.05) is 5.75 Å². The molecule has 1 fully saturated rings. The molecule has 0 radical (unpaired) electrons. The molecule has 1 heterocycles. The zero-order chi connectivity index (χ0) is 13.9. The maximum absolute atomic E-state index is 11.9. The van der Waals surface area contributed by atoms with Crippen molar-refractivity contribution in [3.63, 3.8) is 0 Å². The van der Waals surface area contributed by atoms with Crippen LogP contribution in [-0.4, -0.2) is 40.6 Å². The monoisotopic (exact) mass is 269 g/mol. The summed E-state index contributed by atoms with van der Waals surface area (Å²) in [6.45, 7) is 8.12. The molecular formula is C13H19NO3S. The number of amides is 1. The summed E-state index contributed by atoms with van der Waals surface area (Å²) in [6.07, 6.45) is 5.19. The Morgan fingerprint density at radius 3 is 2.56 bits per heavy atom. The van der Waals surface area contributed by atoms with E-state index in [0.717, 1.165) is 0 Å². The van der Waals surface area contributed by atoms with Gasteiger partial charge in [-0.2, -0.15) is 0 Å². The maximum Gasteiger partial charge on any atom is 0.329 e. The van der Waals surface area contributed by atoms with E-state index in [1.807, 2.05) is 20.8 Å². The number of rotatable bonds is 2. The highest BCUT2D eigenvalue weighted by Crippen LogP contribution is 2.40. The minimum atomic E-state index is -0.567. The van der Waals surface area contributed by atoms with Crippen LogP contribution < -0.4 is 0 Å². The second-order valence-corrected chi connectivity index (χ2v) is 6.29. The van der Waals surface area contributed by atoms with Gasteiger partial charge in [0.2, 0.25) is 0 Å². The van der Waals surface area contributed by atoms with Gasteiger partial charge in [0.15, 0.2) is 0 Å². The maximum atomic E-state index is 11.9. The molecule has 1 saturated heterocycles.